The van der Waals surface area contributed by atoms with Gasteiger partial charge >= 0.3 is 0 Å². The van der Waals surface area contributed by atoms with E-state index >= 15 is 0 Å². The fraction of sp³-hybridized carbons (Fsp3) is 0.885. The number of ether oxygens (including phenoxy) is 5. The molecular formula is C26H48N2O8. The lowest BCUT2D eigenvalue weighted by molar-refractivity contribution is -0.128. The summed E-state index contributed by atoms with van der Waals surface area (Å²) in [5.41, 5.74) is 0. The molecule has 0 aromatic rings. The van der Waals surface area contributed by atoms with Crippen LogP contribution in [0.4, 0.5) is 0 Å². The van der Waals surface area contributed by atoms with E-state index < -0.39 is 6.04 Å². The maximum absolute atomic E-state index is 11.9. The van der Waals surface area contributed by atoms with Crippen molar-refractivity contribution in [2.45, 2.75) is 77.4 Å². The highest BCUT2D eigenvalue weighted by molar-refractivity contribution is 5.79. The molecule has 210 valence electrons. The molecule has 0 aromatic carbocycles. The Bertz CT molecular complexity index is 568. The van der Waals surface area contributed by atoms with Gasteiger partial charge in [0.2, 0.25) is 11.8 Å². The number of amides is 2. The highest BCUT2D eigenvalue weighted by atomic mass is 16.6. The number of nitrogens with one attached hydrogen (secondary N) is 2. The molecule has 0 aliphatic heterocycles. The van der Waals surface area contributed by atoms with E-state index in [1.165, 1.54) is 32.1 Å². The number of rotatable bonds is 21. The van der Waals surface area contributed by atoms with Gasteiger partial charge in [-0.15, -0.1) is 0 Å². The maximum atomic E-state index is 11.9. The first-order valence-electron chi connectivity index (χ1n) is 13.5. The zero-order valence-corrected chi connectivity index (χ0v) is 22.3. The number of carbonyl (C=O) groups excluding carboxylic acids is 3. The van der Waals surface area contributed by atoms with Gasteiger partial charge in [0.25, 0.3) is 0 Å². The van der Waals surface area contributed by atoms with Gasteiger partial charge in [0.15, 0.2) is 0 Å². The molecule has 1 fully saturated rings. The summed E-state index contributed by atoms with van der Waals surface area (Å²) in [6, 6.07) is -0.461. The average molecular weight is 517 g/mol. The number of hydrogen-bond donors (Lipinski definition) is 2. The molecule has 0 radical (unpaired) electrons. The smallest absolute Gasteiger partial charge is 0.246 e. The van der Waals surface area contributed by atoms with Gasteiger partial charge in [0.05, 0.1) is 65.0 Å². The van der Waals surface area contributed by atoms with Crippen molar-refractivity contribution in [3.05, 3.63) is 0 Å². The third kappa shape index (κ3) is 18.6. The summed E-state index contributed by atoms with van der Waals surface area (Å²) in [5.74, 6) is -0.235. The van der Waals surface area contributed by atoms with Crippen LogP contribution in [0.2, 0.25) is 0 Å². The molecule has 1 saturated carbocycles. The molecule has 1 aliphatic carbocycles. The Morgan fingerprint density at radius 1 is 0.778 bits per heavy atom. The molecule has 1 rings (SSSR count). The summed E-state index contributed by atoms with van der Waals surface area (Å²) in [5, 5.41) is 5.48. The van der Waals surface area contributed by atoms with Gasteiger partial charge in [0.1, 0.15) is 12.9 Å². The Morgan fingerprint density at radius 2 is 1.31 bits per heavy atom. The second-order valence-corrected chi connectivity index (χ2v) is 9.30. The summed E-state index contributed by atoms with van der Waals surface area (Å²) in [6.07, 6.45) is 9.51. The van der Waals surface area contributed by atoms with Crippen molar-refractivity contribution >= 4 is 18.1 Å². The largest absolute Gasteiger partial charge is 0.379 e. The maximum Gasteiger partial charge on any atom is 0.246 e. The summed E-state index contributed by atoms with van der Waals surface area (Å²) < 4.78 is 27.4. The quantitative estimate of drug-likeness (QED) is 0.176. The van der Waals surface area contributed by atoms with Crippen molar-refractivity contribution in [2.24, 2.45) is 5.92 Å². The van der Waals surface area contributed by atoms with E-state index in [0.29, 0.717) is 52.8 Å². The van der Waals surface area contributed by atoms with Crippen molar-refractivity contribution < 1.29 is 38.1 Å². The summed E-state index contributed by atoms with van der Waals surface area (Å²) in [6.45, 7) is 7.61. The van der Waals surface area contributed by atoms with Gasteiger partial charge in [0, 0.05) is 13.0 Å². The van der Waals surface area contributed by atoms with Crippen LogP contribution in [0.15, 0.2) is 0 Å². The molecule has 0 bridgehead atoms. The van der Waals surface area contributed by atoms with E-state index in [2.05, 4.69) is 10.6 Å². The zero-order valence-electron chi connectivity index (χ0n) is 22.3. The van der Waals surface area contributed by atoms with Crippen LogP contribution in [0.3, 0.4) is 0 Å². The molecule has 10 nitrogen and oxygen atoms in total. The molecule has 1 atom stereocenters. The van der Waals surface area contributed by atoms with E-state index in [1.807, 2.05) is 13.8 Å². The Hall–Kier alpha value is -1.59. The number of carbonyl (C=O) groups is 3. The summed E-state index contributed by atoms with van der Waals surface area (Å²) in [7, 11) is 0. The Morgan fingerprint density at radius 3 is 1.86 bits per heavy atom. The van der Waals surface area contributed by atoms with Gasteiger partial charge in [-0.25, -0.2) is 0 Å². The molecule has 2 N–H and O–H groups in total. The van der Waals surface area contributed by atoms with Crippen LogP contribution < -0.4 is 10.6 Å². The van der Waals surface area contributed by atoms with E-state index in [4.69, 9.17) is 23.7 Å². The van der Waals surface area contributed by atoms with Crippen molar-refractivity contribution in [1.82, 2.24) is 10.6 Å². The average Bonchev–Trinajstić information content (AvgIpc) is 2.84. The fourth-order valence-electron chi connectivity index (χ4n) is 3.64. The Balaban J connectivity index is 1.81. The molecule has 2 amide bonds. The Labute approximate surface area is 216 Å². The first kappa shape index (κ1) is 32.4. The van der Waals surface area contributed by atoms with Crippen molar-refractivity contribution in [3.8, 4) is 0 Å². The lowest BCUT2D eigenvalue weighted by Gasteiger charge is -2.20. The third-order valence-electron chi connectivity index (χ3n) is 5.85. The van der Waals surface area contributed by atoms with E-state index in [-0.39, 0.29) is 43.5 Å². The SMILES string of the molecule is CC(C)C(C=O)NC(=O)CCOCCOCCOCCOCCNC(=O)COC1CCCCCCC1. The van der Waals surface area contributed by atoms with Gasteiger partial charge in [-0.2, -0.15) is 0 Å². The topological polar surface area (TPSA) is 121 Å². The summed E-state index contributed by atoms with van der Waals surface area (Å²) >= 11 is 0. The molecule has 0 saturated heterocycles. The highest BCUT2D eigenvalue weighted by Crippen LogP contribution is 2.19. The predicted octanol–water partition coefficient (Wildman–Crippen LogP) is 2.03. The minimum absolute atomic E-state index is 0.0627. The van der Waals surface area contributed by atoms with Crippen LogP contribution in [-0.4, -0.2) is 96.3 Å². The van der Waals surface area contributed by atoms with Crippen molar-refractivity contribution in [3.63, 3.8) is 0 Å². The van der Waals surface area contributed by atoms with Gasteiger partial charge in [-0.3, -0.25) is 9.59 Å². The second kappa shape index (κ2) is 22.6. The molecule has 0 aromatic heterocycles. The van der Waals surface area contributed by atoms with Gasteiger partial charge < -0.3 is 39.1 Å². The van der Waals surface area contributed by atoms with Crippen LogP contribution in [0.1, 0.15) is 65.2 Å². The standard InChI is InChI=1S/C26H48N2O8/c1-22(2)24(20-29)28-25(30)10-12-32-14-16-34-18-19-35-17-15-33-13-11-27-26(31)21-36-23-8-6-4-3-5-7-9-23/h20,22-24H,3-19,21H2,1-2H3,(H,27,31)(H,28,30). The minimum atomic E-state index is -0.461. The van der Waals surface area contributed by atoms with Crippen LogP contribution >= 0.6 is 0 Å². The van der Waals surface area contributed by atoms with Gasteiger partial charge in [-0.05, 0) is 18.8 Å². The number of aldehydes is 1. The van der Waals surface area contributed by atoms with Crippen LogP contribution in [0.25, 0.3) is 0 Å². The normalized spacial score (nSPS) is 15.8. The van der Waals surface area contributed by atoms with Crippen molar-refractivity contribution in [2.75, 3.05) is 66.0 Å². The van der Waals surface area contributed by atoms with Crippen molar-refractivity contribution in [1.29, 1.82) is 0 Å². The Kier molecular flexibility index (Phi) is 20.4. The van der Waals surface area contributed by atoms with E-state index in [0.717, 1.165) is 19.1 Å². The monoisotopic (exact) mass is 516 g/mol. The van der Waals surface area contributed by atoms with Crippen LogP contribution in [0.5, 0.6) is 0 Å². The van der Waals surface area contributed by atoms with Crippen LogP contribution in [-0.2, 0) is 38.1 Å². The first-order valence-corrected chi connectivity index (χ1v) is 13.5. The molecule has 0 heterocycles. The third-order valence-corrected chi connectivity index (χ3v) is 5.85. The van der Waals surface area contributed by atoms with E-state index in [9.17, 15) is 14.4 Å². The second-order valence-electron chi connectivity index (χ2n) is 9.30. The molecule has 36 heavy (non-hydrogen) atoms. The first-order chi connectivity index (χ1) is 17.5. The van der Waals surface area contributed by atoms with E-state index in [1.54, 1.807) is 0 Å². The lowest BCUT2D eigenvalue weighted by Crippen LogP contribution is -2.40. The molecule has 0 spiro atoms. The molecule has 10 heteroatoms. The predicted molar refractivity (Wildman–Crippen MR) is 136 cm³/mol. The highest BCUT2D eigenvalue weighted by Gasteiger charge is 2.15. The molecular weight excluding hydrogens is 468 g/mol. The fourth-order valence-corrected chi connectivity index (χ4v) is 3.64. The van der Waals surface area contributed by atoms with Crippen LogP contribution in [0, 0.1) is 5.92 Å². The summed E-state index contributed by atoms with van der Waals surface area (Å²) in [4.78, 5) is 34.5. The minimum Gasteiger partial charge on any atom is -0.379 e. The van der Waals surface area contributed by atoms with Gasteiger partial charge in [-0.1, -0.05) is 46.0 Å². The number of hydrogen-bond acceptors (Lipinski definition) is 8. The molecule has 1 aliphatic rings. The molecule has 1 unspecified atom stereocenters. The zero-order chi connectivity index (χ0) is 26.3. The lowest BCUT2D eigenvalue weighted by atomic mass is 9.99.